The normalized spacial score (nSPS) is 10.6. The van der Waals surface area contributed by atoms with Crippen LogP contribution in [0.1, 0.15) is 40.3 Å². The molecule has 5 heteroatoms. The van der Waals surface area contributed by atoms with Gasteiger partial charge in [-0.2, -0.15) is 0 Å². The standard InChI is InChI=1S/C23H23N3O2/c1-15(2)24-22(27)18-9-11-19(12-10-18)26-23(28)20-13-14-21(25-16(20)3)17-7-5-4-6-8-17/h4-15H,1-3H3,(H,24,27)(H,26,28). The maximum atomic E-state index is 12.6. The lowest BCUT2D eigenvalue weighted by Gasteiger charge is -2.11. The number of hydrogen-bond acceptors (Lipinski definition) is 3. The van der Waals surface area contributed by atoms with Crippen LogP contribution in [-0.2, 0) is 0 Å². The number of nitrogens with zero attached hydrogens (tertiary/aromatic N) is 1. The predicted octanol–water partition coefficient (Wildman–Crippen LogP) is 4.45. The second-order valence-corrected chi connectivity index (χ2v) is 6.86. The van der Waals surface area contributed by atoms with Gasteiger partial charge in [0, 0.05) is 22.9 Å². The van der Waals surface area contributed by atoms with Gasteiger partial charge in [-0.1, -0.05) is 30.3 Å². The molecule has 0 unspecified atom stereocenters. The van der Waals surface area contributed by atoms with Crippen molar-refractivity contribution in [3.8, 4) is 11.3 Å². The van der Waals surface area contributed by atoms with Crippen LogP contribution < -0.4 is 10.6 Å². The number of amides is 2. The first-order chi connectivity index (χ1) is 13.4. The molecule has 2 aromatic carbocycles. The molecule has 0 radical (unpaired) electrons. The van der Waals surface area contributed by atoms with Crippen LogP contribution in [-0.4, -0.2) is 22.8 Å². The number of benzene rings is 2. The van der Waals surface area contributed by atoms with Crippen LogP contribution in [0, 0.1) is 6.92 Å². The Morgan fingerprint density at radius 1 is 0.857 bits per heavy atom. The van der Waals surface area contributed by atoms with Crippen molar-refractivity contribution in [1.29, 1.82) is 0 Å². The second-order valence-electron chi connectivity index (χ2n) is 6.86. The molecule has 142 valence electrons. The highest BCUT2D eigenvalue weighted by Gasteiger charge is 2.13. The monoisotopic (exact) mass is 373 g/mol. The van der Waals surface area contributed by atoms with Gasteiger partial charge < -0.3 is 10.6 Å². The topological polar surface area (TPSA) is 71.1 Å². The minimum Gasteiger partial charge on any atom is -0.350 e. The fourth-order valence-corrected chi connectivity index (χ4v) is 2.82. The van der Waals surface area contributed by atoms with Crippen LogP contribution >= 0.6 is 0 Å². The third kappa shape index (κ3) is 4.62. The van der Waals surface area contributed by atoms with E-state index >= 15 is 0 Å². The summed E-state index contributed by atoms with van der Waals surface area (Å²) in [6, 6.07) is 20.3. The number of carbonyl (C=O) groups excluding carboxylic acids is 2. The molecule has 0 fully saturated rings. The Balaban J connectivity index is 1.72. The molecule has 2 N–H and O–H groups in total. The Morgan fingerprint density at radius 2 is 1.54 bits per heavy atom. The first kappa shape index (κ1) is 19.3. The largest absolute Gasteiger partial charge is 0.350 e. The molecule has 3 aromatic rings. The van der Waals surface area contributed by atoms with Gasteiger partial charge in [-0.15, -0.1) is 0 Å². The summed E-state index contributed by atoms with van der Waals surface area (Å²) in [6.45, 7) is 5.64. The zero-order valence-corrected chi connectivity index (χ0v) is 16.2. The Hall–Kier alpha value is -3.47. The van der Waals surface area contributed by atoms with E-state index < -0.39 is 0 Å². The zero-order valence-electron chi connectivity index (χ0n) is 16.2. The number of rotatable bonds is 5. The fraction of sp³-hybridized carbons (Fsp3) is 0.174. The van der Waals surface area contributed by atoms with E-state index in [2.05, 4.69) is 15.6 Å². The molecule has 1 heterocycles. The maximum absolute atomic E-state index is 12.6. The highest BCUT2D eigenvalue weighted by molar-refractivity contribution is 6.05. The smallest absolute Gasteiger partial charge is 0.257 e. The molecule has 0 aliphatic carbocycles. The summed E-state index contributed by atoms with van der Waals surface area (Å²) in [5.74, 6) is -0.367. The molecule has 2 amide bonds. The number of aryl methyl sites for hydroxylation is 1. The average molecular weight is 373 g/mol. The van der Waals surface area contributed by atoms with E-state index in [9.17, 15) is 9.59 Å². The molecule has 1 aromatic heterocycles. The van der Waals surface area contributed by atoms with Crippen molar-refractivity contribution in [3.63, 3.8) is 0 Å². The third-order valence-corrected chi connectivity index (χ3v) is 4.22. The summed E-state index contributed by atoms with van der Waals surface area (Å²) in [5.41, 5.74) is 4.19. The van der Waals surface area contributed by atoms with Crippen LogP contribution in [0.15, 0.2) is 66.7 Å². The van der Waals surface area contributed by atoms with Crippen LogP contribution in [0.4, 0.5) is 5.69 Å². The molecule has 0 saturated carbocycles. The first-order valence-electron chi connectivity index (χ1n) is 9.19. The number of carbonyl (C=O) groups is 2. The molecule has 3 rings (SSSR count). The van der Waals surface area contributed by atoms with Crippen molar-refractivity contribution >= 4 is 17.5 Å². The number of nitrogens with one attached hydrogen (secondary N) is 2. The lowest BCUT2D eigenvalue weighted by atomic mass is 10.1. The van der Waals surface area contributed by atoms with Gasteiger partial charge in [0.2, 0.25) is 0 Å². The van der Waals surface area contributed by atoms with Crippen LogP contribution in [0.2, 0.25) is 0 Å². The van der Waals surface area contributed by atoms with E-state index in [-0.39, 0.29) is 17.9 Å². The van der Waals surface area contributed by atoms with Crippen LogP contribution in [0.25, 0.3) is 11.3 Å². The Morgan fingerprint density at radius 3 is 2.14 bits per heavy atom. The number of hydrogen-bond donors (Lipinski definition) is 2. The van der Waals surface area contributed by atoms with Crippen LogP contribution in [0.3, 0.4) is 0 Å². The van der Waals surface area contributed by atoms with Crippen molar-refractivity contribution in [3.05, 3.63) is 83.6 Å². The molecule has 28 heavy (non-hydrogen) atoms. The average Bonchev–Trinajstić information content (AvgIpc) is 2.68. The molecule has 0 atom stereocenters. The lowest BCUT2D eigenvalue weighted by molar-refractivity contribution is 0.0942. The maximum Gasteiger partial charge on any atom is 0.257 e. The highest BCUT2D eigenvalue weighted by atomic mass is 16.2. The quantitative estimate of drug-likeness (QED) is 0.694. The number of aromatic nitrogens is 1. The lowest BCUT2D eigenvalue weighted by Crippen LogP contribution is -2.30. The van der Waals surface area contributed by atoms with Gasteiger partial charge in [0.15, 0.2) is 0 Å². The summed E-state index contributed by atoms with van der Waals surface area (Å²) in [5, 5.41) is 5.69. The fourth-order valence-electron chi connectivity index (χ4n) is 2.82. The van der Waals surface area contributed by atoms with E-state index in [1.165, 1.54) is 0 Å². The van der Waals surface area contributed by atoms with Gasteiger partial charge in [0.25, 0.3) is 11.8 Å². The molecule has 5 nitrogen and oxygen atoms in total. The molecule has 0 saturated heterocycles. The summed E-state index contributed by atoms with van der Waals surface area (Å²) in [6.07, 6.45) is 0. The third-order valence-electron chi connectivity index (χ3n) is 4.22. The van der Waals surface area contributed by atoms with E-state index in [0.29, 0.717) is 22.5 Å². The predicted molar refractivity (Wildman–Crippen MR) is 111 cm³/mol. The van der Waals surface area contributed by atoms with Crippen LogP contribution in [0.5, 0.6) is 0 Å². The second kappa shape index (κ2) is 8.48. The summed E-state index contributed by atoms with van der Waals surface area (Å²) in [7, 11) is 0. The van der Waals surface area contributed by atoms with Crippen molar-refractivity contribution in [2.45, 2.75) is 26.8 Å². The highest BCUT2D eigenvalue weighted by Crippen LogP contribution is 2.19. The Bertz CT molecular complexity index is 980. The Labute approximate surface area is 164 Å². The van der Waals surface area contributed by atoms with Gasteiger partial charge in [0.1, 0.15) is 0 Å². The van der Waals surface area contributed by atoms with Crippen molar-refractivity contribution in [2.24, 2.45) is 0 Å². The number of anilines is 1. The zero-order chi connectivity index (χ0) is 20.1. The van der Waals surface area contributed by atoms with Gasteiger partial charge >= 0.3 is 0 Å². The molecule has 0 aliphatic heterocycles. The summed E-state index contributed by atoms with van der Waals surface area (Å²) in [4.78, 5) is 29.2. The van der Waals surface area contributed by atoms with Crippen molar-refractivity contribution in [1.82, 2.24) is 10.3 Å². The molecular formula is C23H23N3O2. The van der Waals surface area contributed by atoms with Gasteiger partial charge in [-0.3, -0.25) is 14.6 Å². The van der Waals surface area contributed by atoms with Crippen molar-refractivity contribution in [2.75, 3.05) is 5.32 Å². The number of pyridine rings is 1. The summed E-state index contributed by atoms with van der Waals surface area (Å²) < 4.78 is 0. The minimum absolute atomic E-state index is 0.0706. The van der Waals surface area contributed by atoms with Crippen molar-refractivity contribution < 1.29 is 9.59 Å². The van der Waals surface area contributed by atoms with E-state index in [4.69, 9.17) is 0 Å². The van der Waals surface area contributed by atoms with Gasteiger partial charge in [-0.25, -0.2) is 0 Å². The van der Waals surface area contributed by atoms with Gasteiger partial charge in [-0.05, 0) is 57.2 Å². The Kier molecular flexibility index (Phi) is 5.84. The minimum atomic E-state index is -0.232. The molecule has 0 bridgehead atoms. The molecular weight excluding hydrogens is 350 g/mol. The SMILES string of the molecule is Cc1nc(-c2ccccc2)ccc1C(=O)Nc1ccc(C(=O)NC(C)C)cc1. The van der Waals surface area contributed by atoms with E-state index in [1.807, 2.05) is 57.2 Å². The van der Waals surface area contributed by atoms with E-state index in [1.54, 1.807) is 30.3 Å². The van der Waals surface area contributed by atoms with E-state index in [0.717, 1.165) is 11.3 Å². The first-order valence-corrected chi connectivity index (χ1v) is 9.19. The van der Waals surface area contributed by atoms with Gasteiger partial charge in [0.05, 0.1) is 17.0 Å². The molecule has 0 aliphatic rings. The molecule has 0 spiro atoms. The summed E-state index contributed by atoms with van der Waals surface area (Å²) >= 11 is 0.